The van der Waals surface area contributed by atoms with E-state index in [1.807, 2.05) is 53.8 Å². The molecule has 4 aromatic rings. The lowest BCUT2D eigenvalue weighted by molar-refractivity contribution is 0.0314. The van der Waals surface area contributed by atoms with Crippen LogP contribution in [0.5, 0.6) is 0 Å². The van der Waals surface area contributed by atoms with Crippen molar-refractivity contribution in [2.75, 3.05) is 0 Å². The summed E-state index contributed by atoms with van der Waals surface area (Å²) in [4.78, 5) is 32.4. The molecule has 4 rings (SSSR count). The predicted octanol–water partition coefficient (Wildman–Crippen LogP) is 3.55. The number of imidazole rings is 1. The van der Waals surface area contributed by atoms with Crippen LogP contribution in [0.15, 0.2) is 54.9 Å². The number of hydrogen-bond donors (Lipinski definition) is 1. The third kappa shape index (κ3) is 2.65. The molecule has 6 heteroatoms. The molecule has 3 heterocycles. The number of ether oxygens (including phenoxy) is 1. The summed E-state index contributed by atoms with van der Waals surface area (Å²) in [6.45, 7) is 3.50. The Kier molecular flexibility index (Phi) is 3.80. The number of aromatic amines is 1. The summed E-state index contributed by atoms with van der Waals surface area (Å²) >= 11 is 0. The van der Waals surface area contributed by atoms with Crippen LogP contribution in [0.3, 0.4) is 0 Å². The third-order valence-electron chi connectivity index (χ3n) is 4.41. The van der Waals surface area contributed by atoms with Crippen molar-refractivity contribution in [2.24, 2.45) is 0 Å². The van der Waals surface area contributed by atoms with Crippen molar-refractivity contribution in [1.82, 2.24) is 14.4 Å². The Bertz CT molecular complexity index is 1140. The first kappa shape index (κ1) is 16.1. The van der Waals surface area contributed by atoms with Crippen LogP contribution in [-0.4, -0.2) is 32.2 Å². The highest BCUT2D eigenvalue weighted by atomic mass is 16.5. The van der Waals surface area contributed by atoms with Crippen molar-refractivity contribution < 1.29 is 14.3 Å². The lowest BCUT2D eigenvalue weighted by Crippen LogP contribution is -2.24. The van der Waals surface area contributed by atoms with Crippen LogP contribution in [0.1, 0.15) is 33.5 Å². The van der Waals surface area contributed by atoms with E-state index >= 15 is 0 Å². The number of benzene rings is 1. The van der Waals surface area contributed by atoms with Crippen LogP contribution in [0.25, 0.3) is 16.6 Å². The maximum atomic E-state index is 12.7. The molecule has 0 bridgehead atoms. The number of ketones is 1. The molecule has 0 radical (unpaired) electrons. The largest absolute Gasteiger partial charge is 0.449 e. The molecule has 1 N–H and O–H groups in total. The van der Waals surface area contributed by atoms with Gasteiger partial charge in [0, 0.05) is 34.6 Å². The Hall–Kier alpha value is -3.41. The Labute approximate surface area is 149 Å². The number of para-hydroxylation sites is 1. The number of aryl methyl sites for hydroxylation is 1. The van der Waals surface area contributed by atoms with E-state index < -0.39 is 12.1 Å². The van der Waals surface area contributed by atoms with E-state index in [1.165, 1.54) is 0 Å². The van der Waals surface area contributed by atoms with Crippen molar-refractivity contribution >= 4 is 28.3 Å². The Morgan fingerprint density at radius 1 is 1.15 bits per heavy atom. The zero-order valence-electron chi connectivity index (χ0n) is 14.4. The minimum absolute atomic E-state index is 0.179. The van der Waals surface area contributed by atoms with Gasteiger partial charge in [0.05, 0.1) is 0 Å². The summed E-state index contributed by atoms with van der Waals surface area (Å²) in [5, 5.41) is 0.809. The van der Waals surface area contributed by atoms with Crippen LogP contribution in [0, 0.1) is 6.92 Å². The van der Waals surface area contributed by atoms with Crippen LogP contribution < -0.4 is 0 Å². The molecule has 0 aliphatic rings. The van der Waals surface area contributed by atoms with Gasteiger partial charge in [0.1, 0.15) is 5.65 Å². The number of rotatable bonds is 4. The number of nitrogens with one attached hydrogen (secondary N) is 1. The van der Waals surface area contributed by atoms with Gasteiger partial charge in [-0.05, 0) is 32.0 Å². The molecule has 0 fully saturated rings. The SMILES string of the molecule is Cc1cccc2nc(C(=O)OC(C)C(=O)c3c[nH]c4ccccc34)cn12. The number of H-pyrrole nitrogens is 1. The summed E-state index contributed by atoms with van der Waals surface area (Å²) in [6, 6.07) is 13.1. The number of carbonyl (C=O) groups excluding carboxylic acids is 2. The number of carbonyl (C=O) groups is 2. The van der Waals surface area contributed by atoms with Gasteiger partial charge in [0.2, 0.25) is 5.78 Å². The van der Waals surface area contributed by atoms with Crippen molar-refractivity contribution in [3.8, 4) is 0 Å². The van der Waals surface area contributed by atoms with Crippen LogP contribution >= 0.6 is 0 Å². The van der Waals surface area contributed by atoms with Gasteiger partial charge in [-0.15, -0.1) is 0 Å². The van der Waals surface area contributed by atoms with E-state index in [-0.39, 0.29) is 11.5 Å². The Morgan fingerprint density at radius 3 is 2.77 bits per heavy atom. The van der Waals surface area contributed by atoms with Gasteiger partial charge in [-0.25, -0.2) is 9.78 Å². The molecule has 1 aromatic carbocycles. The normalized spacial score (nSPS) is 12.4. The van der Waals surface area contributed by atoms with E-state index in [0.29, 0.717) is 11.2 Å². The number of nitrogens with zero attached hydrogens (tertiary/aromatic N) is 2. The summed E-state index contributed by atoms with van der Waals surface area (Å²) in [6.07, 6.45) is 2.36. The fourth-order valence-corrected chi connectivity index (χ4v) is 3.02. The minimum atomic E-state index is -0.910. The van der Waals surface area contributed by atoms with Gasteiger partial charge < -0.3 is 14.1 Å². The molecular formula is C20H17N3O3. The summed E-state index contributed by atoms with van der Waals surface area (Å²) in [5.41, 5.74) is 3.17. The molecular weight excluding hydrogens is 330 g/mol. The van der Waals surface area contributed by atoms with Gasteiger partial charge in [-0.2, -0.15) is 0 Å². The predicted molar refractivity (Wildman–Crippen MR) is 97.4 cm³/mol. The van der Waals surface area contributed by atoms with Gasteiger partial charge in [-0.1, -0.05) is 24.3 Å². The van der Waals surface area contributed by atoms with E-state index in [2.05, 4.69) is 9.97 Å². The zero-order chi connectivity index (χ0) is 18.3. The van der Waals surface area contributed by atoms with Crippen molar-refractivity contribution in [1.29, 1.82) is 0 Å². The van der Waals surface area contributed by atoms with Gasteiger partial charge in [-0.3, -0.25) is 4.79 Å². The fraction of sp³-hybridized carbons (Fsp3) is 0.150. The first-order valence-electron chi connectivity index (χ1n) is 8.30. The molecule has 0 saturated heterocycles. The Balaban J connectivity index is 1.56. The molecule has 1 unspecified atom stereocenters. The topological polar surface area (TPSA) is 76.5 Å². The van der Waals surface area contributed by atoms with Crippen molar-refractivity contribution in [3.05, 3.63) is 71.8 Å². The van der Waals surface area contributed by atoms with Gasteiger partial charge in [0.25, 0.3) is 0 Å². The lowest BCUT2D eigenvalue weighted by Gasteiger charge is -2.10. The highest BCUT2D eigenvalue weighted by molar-refractivity contribution is 6.10. The summed E-state index contributed by atoms with van der Waals surface area (Å²) < 4.78 is 7.17. The smallest absolute Gasteiger partial charge is 0.359 e. The number of hydrogen-bond acceptors (Lipinski definition) is 4. The van der Waals surface area contributed by atoms with Crippen molar-refractivity contribution in [2.45, 2.75) is 20.0 Å². The van der Waals surface area contributed by atoms with Crippen LogP contribution in [-0.2, 0) is 4.74 Å². The highest BCUT2D eigenvalue weighted by Crippen LogP contribution is 2.20. The average Bonchev–Trinajstić information content (AvgIpc) is 3.26. The van der Waals surface area contributed by atoms with E-state index in [0.717, 1.165) is 16.6 Å². The minimum Gasteiger partial charge on any atom is -0.449 e. The molecule has 6 nitrogen and oxygen atoms in total. The summed E-state index contributed by atoms with van der Waals surface area (Å²) in [5.74, 6) is -0.871. The van der Waals surface area contributed by atoms with E-state index in [9.17, 15) is 9.59 Å². The number of fused-ring (bicyclic) bond motifs is 2. The fourth-order valence-electron chi connectivity index (χ4n) is 3.02. The molecule has 130 valence electrons. The second-order valence-corrected chi connectivity index (χ2v) is 6.18. The van der Waals surface area contributed by atoms with E-state index in [1.54, 1.807) is 19.3 Å². The lowest BCUT2D eigenvalue weighted by atomic mass is 10.1. The quantitative estimate of drug-likeness (QED) is 0.452. The van der Waals surface area contributed by atoms with Gasteiger partial charge >= 0.3 is 5.97 Å². The number of aromatic nitrogens is 3. The molecule has 0 aliphatic carbocycles. The first-order chi connectivity index (χ1) is 12.5. The number of Topliss-reactive ketones (excluding diaryl/α,β-unsaturated/α-hetero) is 1. The second-order valence-electron chi connectivity index (χ2n) is 6.18. The second kappa shape index (κ2) is 6.15. The highest BCUT2D eigenvalue weighted by Gasteiger charge is 2.24. The standard InChI is InChI=1S/C20H17N3O3/c1-12-6-5-9-18-22-17(11-23(12)18)20(25)26-13(2)19(24)15-10-21-16-8-4-3-7-14(15)16/h3-11,13,21H,1-2H3. The molecule has 0 spiro atoms. The molecule has 0 aliphatic heterocycles. The van der Waals surface area contributed by atoms with Crippen molar-refractivity contribution in [3.63, 3.8) is 0 Å². The van der Waals surface area contributed by atoms with E-state index in [4.69, 9.17) is 4.74 Å². The van der Waals surface area contributed by atoms with Gasteiger partial charge in [0.15, 0.2) is 11.8 Å². The molecule has 0 amide bonds. The van der Waals surface area contributed by atoms with Crippen LogP contribution in [0.2, 0.25) is 0 Å². The number of esters is 1. The number of pyridine rings is 1. The maximum absolute atomic E-state index is 12.7. The molecule has 3 aromatic heterocycles. The molecule has 26 heavy (non-hydrogen) atoms. The Morgan fingerprint density at radius 2 is 1.96 bits per heavy atom. The molecule has 1 atom stereocenters. The summed E-state index contributed by atoms with van der Waals surface area (Å²) in [7, 11) is 0. The van der Waals surface area contributed by atoms with Crippen LogP contribution in [0.4, 0.5) is 0 Å². The monoisotopic (exact) mass is 347 g/mol. The zero-order valence-corrected chi connectivity index (χ0v) is 14.4. The maximum Gasteiger partial charge on any atom is 0.359 e. The first-order valence-corrected chi connectivity index (χ1v) is 8.30. The third-order valence-corrected chi connectivity index (χ3v) is 4.41. The molecule has 0 saturated carbocycles. The average molecular weight is 347 g/mol.